The monoisotopic (exact) mass is 259 g/mol. The van der Waals surface area contributed by atoms with Gasteiger partial charge in [0.15, 0.2) is 0 Å². The fraction of sp³-hybridized carbons (Fsp3) is 0.214. The van der Waals surface area contributed by atoms with Crippen molar-refractivity contribution >= 4 is 22.0 Å². The molecular formula is C14H13NO4. The molecule has 0 radical (unpaired) electrons. The van der Waals surface area contributed by atoms with Gasteiger partial charge in [-0.15, -0.1) is 0 Å². The molecule has 98 valence electrons. The maximum Gasteiger partial charge on any atom is 0.230 e. The van der Waals surface area contributed by atoms with Crippen LogP contribution in [0.1, 0.15) is 0 Å². The number of fused-ring (bicyclic) bond motifs is 2. The number of aromatic nitrogens is 1. The molecule has 2 aromatic heterocycles. The Bertz CT molecular complexity index is 748. The largest absolute Gasteiger partial charge is 0.497 e. The minimum atomic E-state index is 0.527. The molecule has 3 rings (SSSR count). The van der Waals surface area contributed by atoms with Gasteiger partial charge < -0.3 is 18.6 Å². The summed E-state index contributed by atoms with van der Waals surface area (Å²) in [5, 5.41) is 1.62. The first kappa shape index (κ1) is 11.6. The summed E-state index contributed by atoms with van der Waals surface area (Å²) in [6.45, 7) is 0. The van der Waals surface area contributed by atoms with Crippen molar-refractivity contribution in [1.82, 2.24) is 4.98 Å². The van der Waals surface area contributed by atoms with Gasteiger partial charge in [0.2, 0.25) is 5.71 Å². The topological polar surface area (TPSA) is 53.7 Å². The molecule has 5 heteroatoms. The molecule has 0 fully saturated rings. The maximum absolute atomic E-state index is 5.49. The average Bonchev–Trinajstić information content (AvgIpc) is 2.91. The Hall–Kier alpha value is -2.43. The molecule has 0 bridgehead atoms. The summed E-state index contributed by atoms with van der Waals surface area (Å²) in [6.07, 6.45) is 1.59. The van der Waals surface area contributed by atoms with E-state index in [0.29, 0.717) is 28.5 Å². The van der Waals surface area contributed by atoms with Crippen LogP contribution in [0.5, 0.6) is 17.2 Å². The van der Waals surface area contributed by atoms with Crippen LogP contribution in [0.4, 0.5) is 0 Å². The summed E-state index contributed by atoms with van der Waals surface area (Å²) in [6, 6.07) is 5.45. The van der Waals surface area contributed by atoms with Crippen LogP contribution in [-0.2, 0) is 0 Å². The van der Waals surface area contributed by atoms with Crippen LogP contribution in [0, 0.1) is 0 Å². The van der Waals surface area contributed by atoms with Gasteiger partial charge >= 0.3 is 0 Å². The van der Waals surface area contributed by atoms with Gasteiger partial charge in [0.05, 0.1) is 43.9 Å². The first-order valence-electron chi connectivity index (χ1n) is 5.75. The Labute approximate surface area is 109 Å². The van der Waals surface area contributed by atoms with E-state index in [1.165, 1.54) is 0 Å². The van der Waals surface area contributed by atoms with E-state index >= 15 is 0 Å². The van der Waals surface area contributed by atoms with E-state index in [1.807, 2.05) is 12.1 Å². The van der Waals surface area contributed by atoms with Crippen molar-refractivity contribution in [2.24, 2.45) is 0 Å². The van der Waals surface area contributed by atoms with Crippen molar-refractivity contribution in [1.29, 1.82) is 0 Å². The minimum Gasteiger partial charge on any atom is -0.497 e. The zero-order valence-corrected chi connectivity index (χ0v) is 10.9. The van der Waals surface area contributed by atoms with E-state index in [2.05, 4.69) is 4.98 Å². The molecule has 0 aliphatic heterocycles. The number of pyridine rings is 1. The van der Waals surface area contributed by atoms with Crippen molar-refractivity contribution in [3.8, 4) is 17.2 Å². The lowest BCUT2D eigenvalue weighted by Crippen LogP contribution is -1.94. The fourth-order valence-electron chi connectivity index (χ4n) is 2.19. The van der Waals surface area contributed by atoms with Gasteiger partial charge in [-0.2, -0.15) is 0 Å². The van der Waals surface area contributed by atoms with Crippen molar-refractivity contribution in [2.45, 2.75) is 0 Å². The van der Waals surface area contributed by atoms with Crippen molar-refractivity contribution in [3.05, 3.63) is 24.5 Å². The molecule has 0 aliphatic carbocycles. The first-order chi connectivity index (χ1) is 9.28. The van der Waals surface area contributed by atoms with Crippen LogP contribution < -0.4 is 14.2 Å². The molecule has 0 spiro atoms. The zero-order valence-electron chi connectivity index (χ0n) is 10.9. The summed E-state index contributed by atoms with van der Waals surface area (Å²) in [5.41, 5.74) is 1.23. The quantitative estimate of drug-likeness (QED) is 0.723. The second-order valence-corrected chi connectivity index (χ2v) is 4.01. The first-order valence-corrected chi connectivity index (χ1v) is 5.75. The standard InChI is InChI=1S/C14H13NO4/c1-16-8-6-10-12(11(7-8)17-2)13(18-3)9-4-5-19-14(9)15-10/h4-7H,1-3H3. The highest BCUT2D eigenvalue weighted by molar-refractivity contribution is 6.03. The van der Waals surface area contributed by atoms with Crippen molar-refractivity contribution in [2.75, 3.05) is 21.3 Å². The number of furan rings is 1. The second-order valence-electron chi connectivity index (χ2n) is 4.01. The molecule has 19 heavy (non-hydrogen) atoms. The summed E-state index contributed by atoms with van der Waals surface area (Å²) in [4.78, 5) is 4.46. The van der Waals surface area contributed by atoms with Crippen LogP contribution in [0.15, 0.2) is 28.9 Å². The number of rotatable bonds is 3. The Balaban J connectivity index is 2.50. The van der Waals surface area contributed by atoms with E-state index in [1.54, 1.807) is 33.7 Å². The van der Waals surface area contributed by atoms with Gasteiger partial charge in [-0.05, 0) is 6.07 Å². The molecule has 0 aliphatic rings. The molecule has 0 N–H and O–H groups in total. The van der Waals surface area contributed by atoms with Crippen LogP contribution in [0.2, 0.25) is 0 Å². The third kappa shape index (κ3) is 1.66. The van der Waals surface area contributed by atoms with E-state index in [9.17, 15) is 0 Å². The minimum absolute atomic E-state index is 0.527. The summed E-state index contributed by atoms with van der Waals surface area (Å²) in [5.74, 6) is 2.01. The van der Waals surface area contributed by atoms with Gasteiger partial charge in [0.1, 0.15) is 17.2 Å². The Morgan fingerprint density at radius 1 is 1.05 bits per heavy atom. The molecule has 5 nitrogen and oxygen atoms in total. The molecule has 1 aromatic carbocycles. The van der Waals surface area contributed by atoms with Gasteiger partial charge in [-0.3, -0.25) is 0 Å². The number of hydrogen-bond acceptors (Lipinski definition) is 5. The molecule has 2 heterocycles. The van der Waals surface area contributed by atoms with Crippen LogP contribution in [0.25, 0.3) is 22.0 Å². The second kappa shape index (κ2) is 4.35. The van der Waals surface area contributed by atoms with E-state index in [-0.39, 0.29) is 0 Å². The van der Waals surface area contributed by atoms with Gasteiger partial charge in [0.25, 0.3) is 0 Å². The number of methoxy groups -OCH3 is 3. The predicted molar refractivity (Wildman–Crippen MR) is 71.2 cm³/mol. The van der Waals surface area contributed by atoms with Gasteiger partial charge in [0, 0.05) is 12.1 Å². The lowest BCUT2D eigenvalue weighted by atomic mass is 10.1. The maximum atomic E-state index is 5.49. The molecule has 0 atom stereocenters. The fourth-order valence-corrected chi connectivity index (χ4v) is 2.19. The third-order valence-corrected chi connectivity index (χ3v) is 3.05. The highest BCUT2D eigenvalue weighted by Crippen LogP contribution is 2.40. The van der Waals surface area contributed by atoms with E-state index in [0.717, 1.165) is 10.8 Å². The summed E-state index contributed by atoms with van der Waals surface area (Å²) in [7, 11) is 4.82. The SMILES string of the molecule is COc1cc(OC)c2c(OC)c3ccoc3nc2c1. The Morgan fingerprint density at radius 3 is 2.58 bits per heavy atom. The molecular weight excluding hydrogens is 246 g/mol. The van der Waals surface area contributed by atoms with Crippen LogP contribution >= 0.6 is 0 Å². The summed E-state index contributed by atoms with van der Waals surface area (Å²) < 4.78 is 21.5. The molecule has 0 amide bonds. The van der Waals surface area contributed by atoms with Gasteiger partial charge in [-0.25, -0.2) is 4.98 Å². The number of benzene rings is 1. The third-order valence-electron chi connectivity index (χ3n) is 3.05. The highest BCUT2D eigenvalue weighted by atomic mass is 16.5. The highest BCUT2D eigenvalue weighted by Gasteiger charge is 2.17. The number of nitrogens with zero attached hydrogens (tertiary/aromatic N) is 1. The van der Waals surface area contributed by atoms with Crippen LogP contribution in [0.3, 0.4) is 0 Å². The molecule has 3 aromatic rings. The van der Waals surface area contributed by atoms with E-state index in [4.69, 9.17) is 18.6 Å². The normalized spacial score (nSPS) is 10.9. The van der Waals surface area contributed by atoms with Crippen molar-refractivity contribution in [3.63, 3.8) is 0 Å². The lowest BCUT2D eigenvalue weighted by molar-refractivity contribution is 0.393. The predicted octanol–water partition coefficient (Wildman–Crippen LogP) is 3.01. The van der Waals surface area contributed by atoms with Gasteiger partial charge in [-0.1, -0.05) is 0 Å². The number of hydrogen-bond donors (Lipinski definition) is 0. The average molecular weight is 259 g/mol. The molecule has 0 saturated heterocycles. The molecule has 0 saturated carbocycles. The zero-order chi connectivity index (χ0) is 13.4. The van der Waals surface area contributed by atoms with Crippen LogP contribution in [-0.4, -0.2) is 26.3 Å². The van der Waals surface area contributed by atoms with Crippen molar-refractivity contribution < 1.29 is 18.6 Å². The van der Waals surface area contributed by atoms with E-state index < -0.39 is 0 Å². The Kier molecular flexibility index (Phi) is 2.67. The number of ether oxygens (including phenoxy) is 3. The lowest BCUT2D eigenvalue weighted by Gasteiger charge is -2.12. The Morgan fingerprint density at radius 2 is 1.89 bits per heavy atom. The smallest absolute Gasteiger partial charge is 0.230 e. The molecule has 0 unspecified atom stereocenters. The summed E-state index contributed by atoms with van der Waals surface area (Å²) >= 11 is 0.